The van der Waals surface area contributed by atoms with Gasteiger partial charge in [0.25, 0.3) is 0 Å². The lowest BCUT2D eigenvalue weighted by atomic mass is 9.78. The highest BCUT2D eigenvalue weighted by molar-refractivity contribution is 6.12. The van der Waals surface area contributed by atoms with Gasteiger partial charge in [0.05, 0.1) is 20.1 Å². The molecule has 3 nitrogen and oxygen atoms in total. The molecule has 0 N–H and O–H groups in total. The Morgan fingerprint density at radius 2 is 1.93 bits per heavy atom. The fourth-order valence-corrected chi connectivity index (χ4v) is 2.21. The van der Waals surface area contributed by atoms with E-state index in [-0.39, 0.29) is 24.1 Å². The van der Waals surface area contributed by atoms with Crippen LogP contribution in [-0.4, -0.2) is 38.6 Å². The van der Waals surface area contributed by atoms with E-state index >= 15 is 0 Å². The van der Waals surface area contributed by atoms with Gasteiger partial charge in [0.2, 0.25) is 0 Å². The first-order chi connectivity index (χ1) is 6.53. The Bertz CT molecular complexity index is 219. The molecule has 14 heavy (non-hydrogen) atoms. The molecule has 0 aromatic heterocycles. The summed E-state index contributed by atoms with van der Waals surface area (Å²) >= 11 is 0. The third-order valence-electron chi connectivity index (χ3n) is 2.86. The monoisotopic (exact) mass is 196 g/mol. The summed E-state index contributed by atoms with van der Waals surface area (Å²) in [7, 11) is 5.93. The lowest BCUT2D eigenvalue weighted by molar-refractivity contribution is -0.153. The van der Waals surface area contributed by atoms with Gasteiger partial charge in [-0.1, -0.05) is 6.92 Å². The average molecular weight is 196 g/mol. The van der Waals surface area contributed by atoms with E-state index in [4.69, 9.17) is 22.1 Å². The summed E-state index contributed by atoms with van der Waals surface area (Å²) < 4.78 is 17.2. The molecular weight excluding hydrogens is 179 g/mol. The van der Waals surface area contributed by atoms with Gasteiger partial charge in [0.1, 0.15) is 6.10 Å². The van der Waals surface area contributed by atoms with Crippen LogP contribution in [0.5, 0.6) is 0 Å². The molecule has 2 heterocycles. The van der Waals surface area contributed by atoms with Gasteiger partial charge in [0.15, 0.2) is 5.79 Å². The summed E-state index contributed by atoms with van der Waals surface area (Å²) in [6.07, 6.45) is 1.05. The first-order valence-electron chi connectivity index (χ1n) is 5.26. The summed E-state index contributed by atoms with van der Waals surface area (Å²) in [4.78, 5) is 0. The minimum atomic E-state index is -0.520. The third kappa shape index (κ3) is 1.71. The highest BCUT2D eigenvalue weighted by Crippen LogP contribution is 2.39. The van der Waals surface area contributed by atoms with Gasteiger partial charge in [-0.3, -0.25) is 0 Å². The molecule has 0 bridgehead atoms. The largest absolute Gasteiger partial charge is 0.376 e. The first-order valence-corrected chi connectivity index (χ1v) is 5.26. The van der Waals surface area contributed by atoms with Gasteiger partial charge in [-0.05, 0) is 26.1 Å². The van der Waals surface area contributed by atoms with Crippen LogP contribution in [0.25, 0.3) is 0 Å². The Morgan fingerprint density at radius 1 is 1.29 bits per heavy atom. The zero-order chi connectivity index (χ0) is 10.3. The Morgan fingerprint density at radius 3 is 2.57 bits per heavy atom. The van der Waals surface area contributed by atoms with E-state index in [1.54, 1.807) is 0 Å². The van der Waals surface area contributed by atoms with Crippen LogP contribution in [0.15, 0.2) is 0 Å². The fourth-order valence-electron chi connectivity index (χ4n) is 2.21. The molecule has 0 spiro atoms. The summed E-state index contributed by atoms with van der Waals surface area (Å²) in [6, 6.07) is 0. The topological polar surface area (TPSA) is 27.7 Å². The lowest BCUT2D eigenvalue weighted by Crippen LogP contribution is -2.45. The van der Waals surface area contributed by atoms with Crippen LogP contribution in [0, 0.1) is 0 Å². The average Bonchev–Trinajstić information content (AvgIpc) is 2.42. The second kappa shape index (κ2) is 3.51. The Kier molecular flexibility index (Phi) is 2.62. The van der Waals surface area contributed by atoms with Crippen LogP contribution in [0.4, 0.5) is 0 Å². The highest BCUT2D eigenvalue weighted by Gasteiger charge is 2.49. The van der Waals surface area contributed by atoms with E-state index in [9.17, 15) is 0 Å². The predicted molar refractivity (Wildman–Crippen MR) is 53.4 cm³/mol. The van der Waals surface area contributed by atoms with E-state index in [2.05, 4.69) is 6.92 Å². The van der Waals surface area contributed by atoms with E-state index in [0.717, 1.165) is 6.42 Å². The van der Waals surface area contributed by atoms with Gasteiger partial charge >= 0.3 is 0 Å². The Hall–Kier alpha value is -0.0551. The molecule has 1 unspecified atom stereocenters. The molecular formula is C10H17BO3. The predicted octanol–water partition coefficient (Wildman–Crippen LogP) is 1.27. The molecule has 2 aliphatic heterocycles. The SMILES string of the molecule is [B][C@@H]1CO[C@H](CC)C2OC(C)(C)O[C@@H]21. The Balaban J connectivity index is 2.14. The third-order valence-corrected chi connectivity index (χ3v) is 2.86. The molecule has 78 valence electrons. The van der Waals surface area contributed by atoms with Crippen molar-refractivity contribution in [2.45, 2.75) is 57.1 Å². The molecule has 4 atom stereocenters. The van der Waals surface area contributed by atoms with Crippen LogP contribution in [0.3, 0.4) is 0 Å². The van der Waals surface area contributed by atoms with Crippen molar-refractivity contribution in [2.24, 2.45) is 0 Å². The zero-order valence-corrected chi connectivity index (χ0v) is 9.03. The van der Waals surface area contributed by atoms with Gasteiger partial charge in [-0.15, -0.1) is 0 Å². The maximum atomic E-state index is 5.93. The van der Waals surface area contributed by atoms with Crippen LogP contribution in [0.2, 0.25) is 5.82 Å². The van der Waals surface area contributed by atoms with E-state index in [1.807, 2.05) is 13.8 Å². The minimum Gasteiger partial charge on any atom is -0.376 e. The summed E-state index contributed by atoms with van der Waals surface area (Å²) in [5, 5.41) is 0. The van der Waals surface area contributed by atoms with Crippen molar-refractivity contribution in [2.75, 3.05) is 6.61 Å². The van der Waals surface area contributed by atoms with Gasteiger partial charge in [0, 0.05) is 6.61 Å². The number of fused-ring (bicyclic) bond motifs is 1. The van der Waals surface area contributed by atoms with Crippen LogP contribution in [-0.2, 0) is 14.2 Å². The smallest absolute Gasteiger partial charge is 0.163 e. The second-order valence-corrected chi connectivity index (χ2v) is 4.51. The maximum Gasteiger partial charge on any atom is 0.163 e. The van der Waals surface area contributed by atoms with Gasteiger partial charge in [-0.25, -0.2) is 0 Å². The zero-order valence-electron chi connectivity index (χ0n) is 9.03. The number of rotatable bonds is 1. The molecule has 0 aliphatic carbocycles. The molecule has 2 aliphatic rings. The number of ether oxygens (including phenoxy) is 3. The molecule has 2 radical (unpaired) electrons. The minimum absolute atomic E-state index is 0.00116. The highest BCUT2D eigenvalue weighted by atomic mass is 16.8. The fraction of sp³-hybridized carbons (Fsp3) is 1.00. The molecule has 0 aromatic rings. The quantitative estimate of drug-likeness (QED) is 0.591. The molecule has 0 saturated carbocycles. The number of hydrogen-bond acceptors (Lipinski definition) is 3. The van der Waals surface area contributed by atoms with Crippen molar-refractivity contribution >= 4 is 7.85 Å². The maximum absolute atomic E-state index is 5.93. The summed E-state index contributed by atoms with van der Waals surface area (Å²) in [6.45, 7) is 6.50. The van der Waals surface area contributed by atoms with Crippen LogP contribution >= 0.6 is 0 Å². The van der Waals surface area contributed by atoms with Crippen molar-refractivity contribution in [1.82, 2.24) is 0 Å². The first kappa shape index (κ1) is 10.5. The van der Waals surface area contributed by atoms with Crippen LogP contribution < -0.4 is 0 Å². The molecule has 2 rings (SSSR count). The van der Waals surface area contributed by atoms with Crippen molar-refractivity contribution in [3.63, 3.8) is 0 Å². The molecule has 0 aromatic carbocycles. The van der Waals surface area contributed by atoms with Crippen LogP contribution in [0.1, 0.15) is 27.2 Å². The summed E-state index contributed by atoms with van der Waals surface area (Å²) in [5.41, 5.74) is 0. The molecule has 2 fully saturated rings. The Labute approximate surface area is 86.5 Å². The second-order valence-electron chi connectivity index (χ2n) is 4.51. The van der Waals surface area contributed by atoms with Gasteiger partial charge in [-0.2, -0.15) is 0 Å². The normalized spacial score (nSPS) is 46.2. The van der Waals surface area contributed by atoms with Crippen molar-refractivity contribution < 1.29 is 14.2 Å². The van der Waals surface area contributed by atoms with Gasteiger partial charge < -0.3 is 14.2 Å². The van der Waals surface area contributed by atoms with Crippen molar-refractivity contribution in [1.29, 1.82) is 0 Å². The molecule has 0 amide bonds. The van der Waals surface area contributed by atoms with E-state index in [0.29, 0.717) is 6.61 Å². The standard InChI is InChI=1S/C10H17BO3/c1-4-7-9-8(6(11)5-12-7)13-10(2,3)14-9/h6-9H,4-5H2,1-3H3/t6-,7-,8-,9?/m1/s1. The van der Waals surface area contributed by atoms with Crippen molar-refractivity contribution in [3.8, 4) is 0 Å². The molecule has 4 heteroatoms. The lowest BCUT2D eigenvalue weighted by Gasteiger charge is -2.35. The van der Waals surface area contributed by atoms with E-state index in [1.165, 1.54) is 0 Å². The van der Waals surface area contributed by atoms with E-state index < -0.39 is 5.79 Å². The molecule has 2 saturated heterocycles. The van der Waals surface area contributed by atoms with Crippen molar-refractivity contribution in [3.05, 3.63) is 0 Å². The summed E-state index contributed by atoms with van der Waals surface area (Å²) in [5.74, 6) is -0.585. The number of hydrogen-bond donors (Lipinski definition) is 0.